The van der Waals surface area contributed by atoms with Gasteiger partial charge in [0.25, 0.3) is 0 Å². The molecule has 0 spiro atoms. The normalized spacial score (nSPS) is 10.5. The summed E-state index contributed by atoms with van der Waals surface area (Å²) in [6.45, 7) is 7.00. The third-order valence-electron chi connectivity index (χ3n) is 3.53. The minimum atomic E-state index is 0.596. The SMILES string of the molecule is [C-]#[N+]c1ccc(Nc2nc3ncnc(Nc4cccc(Cl)c4)c3s2)cc1. The molecule has 8 heteroatoms. The molecule has 0 saturated heterocycles. The van der Waals surface area contributed by atoms with Gasteiger partial charge in [-0.15, -0.1) is 0 Å². The van der Waals surface area contributed by atoms with Crippen LogP contribution in [0.1, 0.15) is 0 Å². The van der Waals surface area contributed by atoms with Gasteiger partial charge < -0.3 is 10.6 Å². The molecule has 0 atom stereocenters. The highest BCUT2D eigenvalue weighted by Crippen LogP contribution is 2.33. The number of halogens is 1. The number of hydrogen-bond donors (Lipinski definition) is 2. The summed E-state index contributed by atoms with van der Waals surface area (Å²) in [4.78, 5) is 16.4. The largest absolute Gasteiger partial charge is 0.339 e. The van der Waals surface area contributed by atoms with E-state index in [-0.39, 0.29) is 0 Å². The van der Waals surface area contributed by atoms with Crippen molar-refractivity contribution in [3.8, 4) is 0 Å². The predicted molar refractivity (Wildman–Crippen MR) is 106 cm³/mol. The van der Waals surface area contributed by atoms with E-state index in [0.717, 1.165) is 16.1 Å². The van der Waals surface area contributed by atoms with Crippen molar-refractivity contribution in [1.29, 1.82) is 0 Å². The van der Waals surface area contributed by atoms with Crippen molar-refractivity contribution in [3.05, 3.63) is 71.3 Å². The quantitative estimate of drug-likeness (QED) is 0.441. The van der Waals surface area contributed by atoms with E-state index in [1.807, 2.05) is 36.4 Å². The van der Waals surface area contributed by atoms with Gasteiger partial charge in [0, 0.05) is 16.4 Å². The van der Waals surface area contributed by atoms with Crippen LogP contribution in [0.25, 0.3) is 15.2 Å². The molecule has 0 radical (unpaired) electrons. The Morgan fingerprint density at radius 2 is 1.85 bits per heavy atom. The average molecular weight is 379 g/mol. The molecule has 0 aliphatic carbocycles. The molecule has 2 aromatic carbocycles. The van der Waals surface area contributed by atoms with Gasteiger partial charge in [0.2, 0.25) is 0 Å². The topological polar surface area (TPSA) is 67.1 Å². The highest BCUT2D eigenvalue weighted by molar-refractivity contribution is 7.22. The van der Waals surface area contributed by atoms with Crippen LogP contribution >= 0.6 is 22.9 Å². The van der Waals surface area contributed by atoms with Gasteiger partial charge in [-0.2, -0.15) is 4.98 Å². The monoisotopic (exact) mass is 378 g/mol. The minimum absolute atomic E-state index is 0.596. The van der Waals surface area contributed by atoms with Crippen LogP contribution in [0.5, 0.6) is 0 Å². The van der Waals surface area contributed by atoms with E-state index in [9.17, 15) is 0 Å². The number of rotatable bonds is 4. The second kappa shape index (κ2) is 6.96. The first-order chi connectivity index (χ1) is 12.7. The van der Waals surface area contributed by atoms with Crippen LogP contribution in [0.4, 0.5) is 28.0 Å². The van der Waals surface area contributed by atoms with E-state index in [1.54, 1.807) is 12.1 Å². The number of benzene rings is 2. The van der Waals surface area contributed by atoms with E-state index in [4.69, 9.17) is 18.2 Å². The van der Waals surface area contributed by atoms with Crippen molar-refractivity contribution in [2.24, 2.45) is 0 Å². The zero-order valence-electron chi connectivity index (χ0n) is 13.3. The smallest absolute Gasteiger partial charge is 0.189 e. The van der Waals surface area contributed by atoms with Crippen molar-refractivity contribution in [1.82, 2.24) is 15.0 Å². The Hall–Kier alpha value is -3.21. The molecule has 0 aliphatic rings. The number of fused-ring (bicyclic) bond motifs is 1. The lowest BCUT2D eigenvalue weighted by atomic mass is 10.3. The van der Waals surface area contributed by atoms with Crippen LogP contribution in [0.2, 0.25) is 5.02 Å². The molecule has 0 aliphatic heterocycles. The average Bonchev–Trinajstić information content (AvgIpc) is 3.06. The molecule has 126 valence electrons. The van der Waals surface area contributed by atoms with Gasteiger partial charge >= 0.3 is 0 Å². The molecule has 0 saturated carbocycles. The Bertz CT molecular complexity index is 1120. The molecule has 4 rings (SSSR count). The van der Waals surface area contributed by atoms with E-state index < -0.39 is 0 Å². The van der Waals surface area contributed by atoms with Gasteiger partial charge in [-0.25, -0.2) is 14.8 Å². The Morgan fingerprint density at radius 1 is 1.00 bits per heavy atom. The molecule has 6 nitrogen and oxygen atoms in total. The van der Waals surface area contributed by atoms with Gasteiger partial charge in [-0.3, -0.25) is 0 Å². The Morgan fingerprint density at radius 3 is 2.62 bits per heavy atom. The molecule has 0 bridgehead atoms. The Kier molecular flexibility index (Phi) is 4.35. The predicted octanol–water partition coefficient (Wildman–Crippen LogP) is 5.78. The molecule has 0 fully saturated rings. The van der Waals surface area contributed by atoms with Crippen molar-refractivity contribution in [2.75, 3.05) is 10.6 Å². The molecule has 2 N–H and O–H groups in total. The fourth-order valence-corrected chi connectivity index (χ4v) is 3.42. The van der Waals surface area contributed by atoms with Crippen molar-refractivity contribution in [2.45, 2.75) is 0 Å². The summed E-state index contributed by atoms with van der Waals surface area (Å²) in [5.74, 6) is 0.672. The van der Waals surface area contributed by atoms with E-state index in [2.05, 4.69) is 30.4 Å². The summed E-state index contributed by atoms with van der Waals surface area (Å²) < 4.78 is 0.841. The maximum absolute atomic E-state index is 7.00. The minimum Gasteiger partial charge on any atom is -0.339 e. The molecule has 26 heavy (non-hydrogen) atoms. The number of hydrogen-bond acceptors (Lipinski definition) is 6. The first-order valence-electron chi connectivity index (χ1n) is 7.60. The Labute approximate surface area is 158 Å². The van der Waals surface area contributed by atoms with E-state index in [0.29, 0.717) is 27.3 Å². The summed E-state index contributed by atoms with van der Waals surface area (Å²) in [6.07, 6.45) is 1.48. The number of nitrogens with one attached hydrogen (secondary N) is 2. The summed E-state index contributed by atoms with van der Waals surface area (Å²) >= 11 is 7.48. The zero-order valence-corrected chi connectivity index (χ0v) is 14.8. The van der Waals surface area contributed by atoms with Crippen LogP contribution < -0.4 is 10.6 Å². The van der Waals surface area contributed by atoms with Crippen LogP contribution in [0, 0.1) is 6.57 Å². The van der Waals surface area contributed by atoms with E-state index in [1.165, 1.54) is 17.7 Å². The lowest BCUT2D eigenvalue weighted by Gasteiger charge is -2.05. The lowest BCUT2D eigenvalue weighted by Crippen LogP contribution is -1.94. The molecule has 2 aromatic heterocycles. The maximum atomic E-state index is 7.00. The molecule has 0 unspecified atom stereocenters. The molecule has 0 amide bonds. The number of thiazole rings is 1. The van der Waals surface area contributed by atoms with Crippen LogP contribution in [0.3, 0.4) is 0 Å². The second-order valence-electron chi connectivity index (χ2n) is 5.31. The van der Waals surface area contributed by atoms with Crippen molar-refractivity contribution >= 4 is 61.3 Å². The summed E-state index contributed by atoms with van der Waals surface area (Å²) in [6, 6.07) is 14.6. The zero-order chi connectivity index (χ0) is 17.9. The van der Waals surface area contributed by atoms with Gasteiger partial charge in [-0.1, -0.05) is 41.1 Å². The van der Waals surface area contributed by atoms with Crippen LogP contribution in [0.15, 0.2) is 54.9 Å². The Balaban J connectivity index is 1.63. The van der Waals surface area contributed by atoms with Gasteiger partial charge in [0.1, 0.15) is 11.0 Å². The number of anilines is 4. The molecule has 4 aromatic rings. The number of nitrogens with zero attached hydrogens (tertiary/aromatic N) is 4. The third-order valence-corrected chi connectivity index (χ3v) is 4.73. The first kappa shape index (κ1) is 16.3. The second-order valence-corrected chi connectivity index (χ2v) is 6.75. The molecular formula is C18H11ClN6S. The fourth-order valence-electron chi connectivity index (χ4n) is 2.34. The molecular weight excluding hydrogens is 368 g/mol. The highest BCUT2D eigenvalue weighted by Gasteiger charge is 2.11. The van der Waals surface area contributed by atoms with Gasteiger partial charge in [0.15, 0.2) is 22.3 Å². The van der Waals surface area contributed by atoms with Crippen molar-refractivity contribution in [3.63, 3.8) is 0 Å². The standard InChI is InChI=1S/C18H11ClN6S/c1-20-12-5-7-13(8-6-12)24-18-25-17-15(26-18)16(21-10-22-17)23-14-4-2-3-11(19)9-14/h2-10H,(H2,21,22,23,24,25). The summed E-state index contributed by atoms with van der Waals surface area (Å²) in [5, 5.41) is 7.83. The van der Waals surface area contributed by atoms with Gasteiger partial charge in [-0.05, 0) is 30.3 Å². The third kappa shape index (κ3) is 3.42. The first-order valence-corrected chi connectivity index (χ1v) is 8.79. The van der Waals surface area contributed by atoms with E-state index >= 15 is 0 Å². The summed E-state index contributed by atoms with van der Waals surface area (Å²) in [5.41, 5.74) is 2.90. The van der Waals surface area contributed by atoms with Crippen molar-refractivity contribution < 1.29 is 0 Å². The van der Waals surface area contributed by atoms with Crippen LogP contribution in [-0.2, 0) is 0 Å². The lowest BCUT2D eigenvalue weighted by molar-refractivity contribution is 1.20. The highest BCUT2D eigenvalue weighted by atomic mass is 35.5. The van der Waals surface area contributed by atoms with Crippen LogP contribution in [-0.4, -0.2) is 15.0 Å². The van der Waals surface area contributed by atoms with Gasteiger partial charge in [0.05, 0.1) is 6.57 Å². The number of aromatic nitrogens is 3. The maximum Gasteiger partial charge on any atom is 0.189 e. The fraction of sp³-hybridized carbons (Fsp3) is 0. The summed E-state index contributed by atoms with van der Waals surface area (Å²) in [7, 11) is 0. The molecule has 2 heterocycles.